The zero-order valence-corrected chi connectivity index (χ0v) is 17.4. The summed E-state index contributed by atoms with van der Waals surface area (Å²) in [5, 5.41) is 10.2. The second-order valence-corrected chi connectivity index (χ2v) is 8.09. The second-order valence-electron chi connectivity index (χ2n) is 8.09. The molecule has 0 amide bonds. The van der Waals surface area contributed by atoms with E-state index in [0.29, 0.717) is 6.04 Å². The molecule has 0 bridgehead atoms. The van der Waals surface area contributed by atoms with Gasteiger partial charge in [0.15, 0.2) is 0 Å². The molecule has 152 valence electrons. The highest BCUT2D eigenvalue weighted by atomic mass is 16.5. The normalized spacial score (nSPS) is 17.9. The quantitative estimate of drug-likeness (QED) is 0.749. The van der Waals surface area contributed by atoms with Crippen molar-refractivity contribution >= 4 is 0 Å². The van der Waals surface area contributed by atoms with Gasteiger partial charge in [-0.15, -0.1) is 0 Å². The fourth-order valence-corrected chi connectivity index (χ4v) is 4.36. The lowest BCUT2D eigenvalue weighted by molar-refractivity contribution is 0.0302. The third-order valence-electron chi connectivity index (χ3n) is 6.24. The highest BCUT2D eigenvalue weighted by Crippen LogP contribution is 2.36. The average Bonchev–Trinajstić information content (AvgIpc) is 2.74. The Morgan fingerprint density at radius 2 is 1.79 bits per heavy atom. The number of methoxy groups -OCH3 is 2. The van der Waals surface area contributed by atoms with E-state index in [1.165, 1.54) is 11.1 Å². The molecule has 1 aliphatic rings. The average molecular weight is 384 g/mol. The van der Waals surface area contributed by atoms with Crippen LogP contribution in [0.5, 0.6) is 11.5 Å². The molecular weight excluding hydrogens is 350 g/mol. The Balaban J connectivity index is 1.61. The molecule has 0 spiro atoms. The minimum absolute atomic E-state index is 0.0347. The van der Waals surface area contributed by atoms with E-state index in [9.17, 15) is 5.11 Å². The summed E-state index contributed by atoms with van der Waals surface area (Å²) in [7, 11) is 3.43. The van der Waals surface area contributed by atoms with Gasteiger partial charge in [-0.1, -0.05) is 30.3 Å². The summed E-state index contributed by atoms with van der Waals surface area (Å²) in [5.74, 6) is 1.85. The summed E-state index contributed by atoms with van der Waals surface area (Å²) in [4.78, 5) is 2.55. The maximum atomic E-state index is 10.2. The Morgan fingerprint density at radius 3 is 2.46 bits per heavy atom. The molecule has 4 heteroatoms. The molecule has 28 heavy (non-hydrogen) atoms. The Morgan fingerprint density at radius 1 is 1.04 bits per heavy atom. The summed E-state index contributed by atoms with van der Waals surface area (Å²) in [5.41, 5.74) is 2.46. The molecule has 1 heterocycles. The van der Waals surface area contributed by atoms with Crippen LogP contribution in [0.3, 0.4) is 0 Å². The molecule has 2 aromatic rings. The van der Waals surface area contributed by atoms with Crippen LogP contribution in [-0.2, 0) is 12.8 Å². The van der Waals surface area contributed by atoms with Crippen molar-refractivity contribution in [2.75, 3.05) is 33.9 Å². The maximum absolute atomic E-state index is 10.2. The molecule has 0 aromatic heterocycles. The van der Waals surface area contributed by atoms with E-state index in [1.807, 2.05) is 24.3 Å². The molecule has 2 aromatic carbocycles. The summed E-state index contributed by atoms with van der Waals surface area (Å²) in [6.07, 6.45) is 3.90. The number of para-hydroxylation sites is 1. The number of hydrogen-bond acceptors (Lipinski definition) is 4. The largest absolute Gasteiger partial charge is 0.497 e. The zero-order chi connectivity index (χ0) is 20.0. The fraction of sp³-hybridized carbons (Fsp3) is 0.500. The number of aliphatic hydroxyl groups excluding tert-OH is 1. The number of aliphatic hydroxyl groups is 1. The van der Waals surface area contributed by atoms with Crippen molar-refractivity contribution in [1.82, 2.24) is 4.90 Å². The van der Waals surface area contributed by atoms with Crippen LogP contribution >= 0.6 is 0 Å². The van der Waals surface area contributed by atoms with Crippen LogP contribution in [-0.4, -0.2) is 50.0 Å². The minimum Gasteiger partial charge on any atom is -0.497 e. The molecule has 1 aliphatic heterocycles. The summed E-state index contributed by atoms with van der Waals surface area (Å²) < 4.78 is 10.9. The first-order valence-corrected chi connectivity index (χ1v) is 10.2. The Labute approximate surface area is 169 Å². The van der Waals surface area contributed by atoms with Crippen LogP contribution in [0.1, 0.15) is 30.9 Å². The van der Waals surface area contributed by atoms with Gasteiger partial charge in [-0.25, -0.2) is 0 Å². The van der Waals surface area contributed by atoms with Crippen LogP contribution in [0.15, 0.2) is 48.5 Å². The molecule has 0 radical (unpaired) electrons. The predicted octanol–water partition coefficient (Wildman–Crippen LogP) is 3.95. The molecule has 1 N–H and O–H groups in total. The van der Waals surface area contributed by atoms with E-state index in [1.54, 1.807) is 14.2 Å². The van der Waals surface area contributed by atoms with Gasteiger partial charge in [0, 0.05) is 12.6 Å². The number of ether oxygens (including phenoxy) is 2. The summed E-state index contributed by atoms with van der Waals surface area (Å²) in [6.45, 7) is 4.56. The van der Waals surface area contributed by atoms with Crippen molar-refractivity contribution in [3.8, 4) is 11.5 Å². The standard InChI is InChI=1S/C24H33NO3/c1-19(15-21-8-4-5-10-23(21)28-3)25-13-11-24(18-26,12-14-25)17-20-7-6-9-22(16-20)27-2/h4-10,16,19,26H,11-15,17-18H2,1-3H3. The van der Waals surface area contributed by atoms with E-state index in [2.05, 4.69) is 36.1 Å². The third kappa shape index (κ3) is 4.86. The lowest BCUT2D eigenvalue weighted by atomic mass is 9.74. The van der Waals surface area contributed by atoms with Gasteiger partial charge in [0.05, 0.1) is 14.2 Å². The summed E-state index contributed by atoms with van der Waals surface area (Å²) >= 11 is 0. The van der Waals surface area contributed by atoms with Gasteiger partial charge in [-0.05, 0) is 80.4 Å². The van der Waals surface area contributed by atoms with Crippen LogP contribution in [0.4, 0.5) is 0 Å². The van der Waals surface area contributed by atoms with Gasteiger partial charge < -0.3 is 19.5 Å². The molecular formula is C24H33NO3. The predicted molar refractivity (Wildman–Crippen MR) is 113 cm³/mol. The molecule has 4 nitrogen and oxygen atoms in total. The number of benzene rings is 2. The minimum atomic E-state index is -0.0347. The van der Waals surface area contributed by atoms with Crippen molar-refractivity contribution in [3.63, 3.8) is 0 Å². The number of nitrogens with zero attached hydrogens (tertiary/aromatic N) is 1. The van der Waals surface area contributed by atoms with Crippen molar-refractivity contribution in [3.05, 3.63) is 59.7 Å². The number of piperidine rings is 1. The van der Waals surface area contributed by atoms with Gasteiger partial charge in [-0.2, -0.15) is 0 Å². The van der Waals surface area contributed by atoms with Crippen LogP contribution < -0.4 is 9.47 Å². The monoisotopic (exact) mass is 383 g/mol. The van der Waals surface area contributed by atoms with Crippen molar-refractivity contribution in [2.24, 2.45) is 5.41 Å². The van der Waals surface area contributed by atoms with Crippen LogP contribution in [0.25, 0.3) is 0 Å². The molecule has 1 fully saturated rings. The Bertz CT molecular complexity index is 753. The lowest BCUT2D eigenvalue weighted by Gasteiger charge is -2.43. The van der Waals surface area contributed by atoms with E-state index in [4.69, 9.17) is 9.47 Å². The number of hydrogen-bond donors (Lipinski definition) is 1. The van der Waals surface area contributed by atoms with Crippen molar-refractivity contribution in [2.45, 2.75) is 38.6 Å². The first-order chi connectivity index (χ1) is 13.6. The summed E-state index contributed by atoms with van der Waals surface area (Å²) in [6, 6.07) is 17.0. The third-order valence-corrected chi connectivity index (χ3v) is 6.24. The molecule has 3 rings (SSSR count). The van der Waals surface area contributed by atoms with Gasteiger partial charge in [0.1, 0.15) is 11.5 Å². The second kappa shape index (κ2) is 9.44. The SMILES string of the molecule is COc1cccc(CC2(CO)CCN(C(C)Cc3ccccc3OC)CC2)c1. The lowest BCUT2D eigenvalue weighted by Crippen LogP contribution is -2.47. The van der Waals surface area contributed by atoms with Gasteiger partial charge in [0.25, 0.3) is 0 Å². The Kier molecular flexibility index (Phi) is 6.97. The van der Waals surface area contributed by atoms with E-state index < -0.39 is 0 Å². The molecule has 1 saturated heterocycles. The van der Waals surface area contributed by atoms with Gasteiger partial charge >= 0.3 is 0 Å². The van der Waals surface area contributed by atoms with E-state index in [-0.39, 0.29) is 12.0 Å². The molecule has 1 atom stereocenters. The number of likely N-dealkylation sites (tertiary alicyclic amines) is 1. The topological polar surface area (TPSA) is 41.9 Å². The first-order valence-electron chi connectivity index (χ1n) is 10.2. The highest BCUT2D eigenvalue weighted by Gasteiger charge is 2.35. The van der Waals surface area contributed by atoms with E-state index in [0.717, 1.165) is 50.3 Å². The van der Waals surface area contributed by atoms with Gasteiger partial charge in [-0.3, -0.25) is 0 Å². The first kappa shape index (κ1) is 20.7. The maximum Gasteiger partial charge on any atom is 0.122 e. The Hall–Kier alpha value is -2.04. The smallest absolute Gasteiger partial charge is 0.122 e. The van der Waals surface area contributed by atoms with Crippen LogP contribution in [0, 0.1) is 5.41 Å². The highest BCUT2D eigenvalue weighted by molar-refractivity contribution is 5.34. The van der Waals surface area contributed by atoms with Crippen molar-refractivity contribution < 1.29 is 14.6 Å². The van der Waals surface area contributed by atoms with E-state index >= 15 is 0 Å². The number of rotatable bonds is 8. The van der Waals surface area contributed by atoms with Gasteiger partial charge in [0.2, 0.25) is 0 Å². The van der Waals surface area contributed by atoms with Crippen molar-refractivity contribution in [1.29, 1.82) is 0 Å². The molecule has 1 unspecified atom stereocenters. The van der Waals surface area contributed by atoms with Crippen LogP contribution in [0.2, 0.25) is 0 Å². The zero-order valence-electron chi connectivity index (χ0n) is 17.4. The molecule has 0 aliphatic carbocycles. The molecule has 0 saturated carbocycles. The fourth-order valence-electron chi connectivity index (χ4n) is 4.36.